The number of hydrogen-bond acceptors (Lipinski definition) is 6. The fourth-order valence-electron chi connectivity index (χ4n) is 3.41. The van der Waals surface area contributed by atoms with Gasteiger partial charge < -0.3 is 29.2 Å². The molecule has 1 heterocycles. The lowest BCUT2D eigenvalue weighted by atomic mass is 9.76. The first-order valence-electron chi connectivity index (χ1n) is 10.9. The van der Waals surface area contributed by atoms with E-state index >= 15 is 0 Å². The highest BCUT2D eigenvalue weighted by Crippen LogP contribution is 2.39. The van der Waals surface area contributed by atoms with Crippen molar-refractivity contribution in [2.75, 3.05) is 13.7 Å². The van der Waals surface area contributed by atoms with Gasteiger partial charge in [-0.1, -0.05) is 48.5 Å². The van der Waals surface area contributed by atoms with Gasteiger partial charge in [0, 0.05) is 12.1 Å². The summed E-state index contributed by atoms with van der Waals surface area (Å²) in [6.07, 6.45) is 1.11. The Morgan fingerprint density at radius 2 is 1.68 bits per heavy atom. The van der Waals surface area contributed by atoms with E-state index in [0.717, 1.165) is 5.56 Å². The smallest absolute Gasteiger partial charge is 0.492 e. The van der Waals surface area contributed by atoms with Gasteiger partial charge in [0.25, 0.3) is 0 Å². The largest absolute Gasteiger partial charge is 0.495 e. The number of carbonyl (C=O) groups is 2. The van der Waals surface area contributed by atoms with Crippen molar-refractivity contribution in [1.82, 2.24) is 5.32 Å². The van der Waals surface area contributed by atoms with Crippen LogP contribution >= 0.6 is 0 Å². The molecule has 0 spiro atoms. The van der Waals surface area contributed by atoms with Crippen molar-refractivity contribution >= 4 is 25.3 Å². The number of amides is 1. The van der Waals surface area contributed by atoms with Crippen LogP contribution in [0.5, 0.6) is 5.75 Å². The second-order valence-corrected chi connectivity index (χ2v) is 8.96. The van der Waals surface area contributed by atoms with Crippen molar-refractivity contribution in [3.63, 3.8) is 0 Å². The maximum atomic E-state index is 12.4. The number of aromatic carboxylic acids is 1. The molecule has 1 fully saturated rings. The number of nitrogens with one attached hydrogen (secondary N) is 1. The summed E-state index contributed by atoms with van der Waals surface area (Å²) < 4.78 is 23.0. The summed E-state index contributed by atoms with van der Waals surface area (Å²) in [5.74, 6) is -0.900. The van der Waals surface area contributed by atoms with Gasteiger partial charge in [0.2, 0.25) is 0 Å². The van der Waals surface area contributed by atoms with Crippen LogP contribution in [-0.4, -0.2) is 49.1 Å². The number of hydrogen-bond donors (Lipinski definition) is 2. The lowest BCUT2D eigenvalue weighted by molar-refractivity contribution is 0.00578. The molecule has 1 aliphatic heterocycles. The summed E-state index contributed by atoms with van der Waals surface area (Å²) in [4.78, 5) is 24.0. The monoisotopic (exact) mass is 467 g/mol. The highest BCUT2D eigenvalue weighted by atomic mass is 16.7. The van der Waals surface area contributed by atoms with Gasteiger partial charge in [-0.15, -0.1) is 0 Å². The lowest BCUT2D eigenvalue weighted by Crippen LogP contribution is -2.41. The van der Waals surface area contributed by atoms with E-state index in [1.54, 1.807) is 18.2 Å². The average Bonchev–Trinajstić information content (AvgIpc) is 3.02. The lowest BCUT2D eigenvalue weighted by Gasteiger charge is -2.32. The molecule has 34 heavy (non-hydrogen) atoms. The van der Waals surface area contributed by atoms with Crippen LogP contribution in [0.1, 0.15) is 49.2 Å². The Bertz CT molecular complexity index is 1050. The molecule has 2 aromatic rings. The molecule has 0 atom stereocenters. The van der Waals surface area contributed by atoms with Crippen LogP contribution in [0.3, 0.4) is 0 Å². The SMILES string of the molecule is COc1c(C=C(CNC(=O)OCc2ccccc2)B2OC(C)(C)C(C)(C)O2)cccc1C(=O)O. The molecule has 3 rings (SSSR count). The van der Waals surface area contributed by atoms with Crippen molar-refractivity contribution in [3.8, 4) is 5.75 Å². The Hall–Kier alpha value is -3.30. The van der Waals surface area contributed by atoms with Gasteiger partial charge >= 0.3 is 19.2 Å². The van der Waals surface area contributed by atoms with E-state index in [2.05, 4.69) is 5.32 Å². The molecule has 2 aromatic carbocycles. The maximum Gasteiger partial charge on any atom is 0.492 e. The second kappa shape index (κ2) is 10.3. The second-order valence-electron chi connectivity index (χ2n) is 8.96. The average molecular weight is 467 g/mol. The zero-order valence-electron chi connectivity index (χ0n) is 20.1. The molecule has 180 valence electrons. The van der Waals surface area contributed by atoms with Crippen molar-refractivity contribution in [3.05, 3.63) is 70.7 Å². The number of carboxylic acid groups (broad SMARTS) is 1. The summed E-state index contributed by atoms with van der Waals surface area (Å²) >= 11 is 0. The number of methoxy groups -OCH3 is 1. The van der Waals surface area contributed by atoms with Gasteiger partial charge in [0.1, 0.15) is 17.9 Å². The predicted molar refractivity (Wildman–Crippen MR) is 129 cm³/mol. The van der Waals surface area contributed by atoms with Gasteiger partial charge in [-0.05, 0) is 44.8 Å². The topological polar surface area (TPSA) is 103 Å². The van der Waals surface area contributed by atoms with Crippen LogP contribution < -0.4 is 10.1 Å². The fraction of sp³-hybridized carbons (Fsp3) is 0.360. The van der Waals surface area contributed by atoms with Crippen molar-refractivity contribution in [2.45, 2.75) is 45.5 Å². The van der Waals surface area contributed by atoms with Crippen LogP contribution in [0.2, 0.25) is 0 Å². The standard InChI is InChI=1S/C25H30BNO7/c1-24(2)25(3,4)34-26(33-24)19(14-18-12-9-13-20(22(28)29)21(18)31-5)15-27-23(30)32-16-17-10-7-6-8-11-17/h6-14H,15-16H2,1-5H3,(H,27,30)(H,28,29). The summed E-state index contributed by atoms with van der Waals surface area (Å²) in [5, 5.41) is 12.2. The molecule has 1 saturated heterocycles. The number of alkyl carbamates (subject to hydrolysis) is 1. The fourth-order valence-corrected chi connectivity index (χ4v) is 3.41. The van der Waals surface area contributed by atoms with Crippen LogP contribution in [0.4, 0.5) is 4.79 Å². The van der Waals surface area contributed by atoms with Gasteiger partial charge in [-0.2, -0.15) is 0 Å². The van der Waals surface area contributed by atoms with Gasteiger partial charge in [-0.25, -0.2) is 9.59 Å². The minimum atomic E-state index is -1.10. The zero-order valence-corrected chi connectivity index (χ0v) is 20.1. The first kappa shape index (κ1) is 25.3. The maximum absolute atomic E-state index is 12.4. The van der Waals surface area contributed by atoms with E-state index in [1.807, 2.05) is 58.0 Å². The third-order valence-corrected chi connectivity index (χ3v) is 6.03. The summed E-state index contributed by atoms with van der Waals surface area (Å²) in [6, 6.07) is 14.2. The molecule has 0 unspecified atom stereocenters. The van der Waals surface area contributed by atoms with E-state index in [0.29, 0.717) is 11.0 Å². The third kappa shape index (κ3) is 5.79. The van der Waals surface area contributed by atoms with Crippen molar-refractivity contribution < 1.29 is 33.5 Å². The van der Waals surface area contributed by atoms with Crippen molar-refractivity contribution in [1.29, 1.82) is 0 Å². The van der Waals surface area contributed by atoms with E-state index in [-0.39, 0.29) is 24.5 Å². The molecular weight excluding hydrogens is 437 g/mol. The van der Waals surface area contributed by atoms with Crippen LogP contribution in [0.15, 0.2) is 54.0 Å². The molecule has 0 radical (unpaired) electrons. The molecular formula is C25H30BNO7. The molecule has 1 aliphatic rings. The minimum Gasteiger partial charge on any atom is -0.495 e. The van der Waals surface area contributed by atoms with Crippen LogP contribution in [0.25, 0.3) is 6.08 Å². The van der Waals surface area contributed by atoms with E-state index < -0.39 is 30.4 Å². The Morgan fingerprint density at radius 3 is 2.26 bits per heavy atom. The van der Waals surface area contributed by atoms with Crippen LogP contribution in [-0.2, 0) is 20.7 Å². The summed E-state index contributed by atoms with van der Waals surface area (Å²) in [5.41, 5.74) is 0.798. The van der Waals surface area contributed by atoms with E-state index in [9.17, 15) is 14.7 Å². The van der Waals surface area contributed by atoms with Gasteiger partial charge in [0.05, 0.1) is 18.3 Å². The molecule has 0 aromatic heterocycles. The molecule has 2 N–H and O–H groups in total. The number of carbonyl (C=O) groups excluding carboxylic acids is 1. The molecule has 9 heteroatoms. The van der Waals surface area contributed by atoms with Crippen LogP contribution in [0, 0.1) is 0 Å². The third-order valence-electron chi connectivity index (χ3n) is 6.03. The van der Waals surface area contributed by atoms with Gasteiger partial charge in [0.15, 0.2) is 0 Å². The van der Waals surface area contributed by atoms with Gasteiger partial charge in [-0.3, -0.25) is 0 Å². The Labute approximate surface area is 200 Å². The Kier molecular flexibility index (Phi) is 7.69. The summed E-state index contributed by atoms with van der Waals surface area (Å²) in [6.45, 7) is 7.91. The Balaban J connectivity index is 1.84. The predicted octanol–water partition coefficient (Wildman–Crippen LogP) is 4.33. The zero-order chi connectivity index (χ0) is 24.9. The summed E-state index contributed by atoms with van der Waals surface area (Å²) in [7, 11) is 0.643. The highest BCUT2D eigenvalue weighted by molar-refractivity contribution is 6.56. The highest BCUT2D eigenvalue weighted by Gasteiger charge is 2.52. The molecule has 0 saturated carbocycles. The number of rotatable bonds is 8. The van der Waals surface area contributed by atoms with E-state index in [1.165, 1.54) is 13.2 Å². The number of carboxylic acids is 1. The number of ether oxygens (including phenoxy) is 2. The van der Waals surface area contributed by atoms with E-state index in [4.69, 9.17) is 18.8 Å². The first-order valence-corrected chi connectivity index (χ1v) is 10.9. The quantitative estimate of drug-likeness (QED) is 0.557. The Morgan fingerprint density at radius 1 is 1.03 bits per heavy atom. The molecule has 0 aliphatic carbocycles. The molecule has 1 amide bonds. The molecule has 8 nitrogen and oxygen atoms in total. The normalized spacial score (nSPS) is 16.7. The minimum absolute atomic E-state index is 0.0275. The first-order chi connectivity index (χ1) is 16.0. The van der Waals surface area contributed by atoms with Crippen molar-refractivity contribution in [2.24, 2.45) is 0 Å². The molecule has 0 bridgehead atoms. The number of para-hydroxylation sites is 1. The number of benzene rings is 2.